The van der Waals surface area contributed by atoms with E-state index in [2.05, 4.69) is 10.6 Å². The number of carbonyl (C=O) groups is 4. The molecule has 1 rings (SSSR count). The number of aliphatic hydroxyl groups excluding tert-OH is 1. The first kappa shape index (κ1) is 21.4. The van der Waals surface area contributed by atoms with Crippen molar-refractivity contribution in [1.29, 1.82) is 0 Å². The molecule has 2 atom stereocenters. The summed E-state index contributed by atoms with van der Waals surface area (Å²) in [7, 11) is 0. The highest BCUT2D eigenvalue weighted by atomic mass is 32.2. The predicted molar refractivity (Wildman–Crippen MR) is 89.4 cm³/mol. The number of rotatable bonds is 7. The van der Waals surface area contributed by atoms with Crippen molar-refractivity contribution in [2.45, 2.75) is 39.6 Å². The van der Waals surface area contributed by atoms with Crippen molar-refractivity contribution in [3.05, 3.63) is 0 Å². The van der Waals surface area contributed by atoms with Gasteiger partial charge in [0.2, 0.25) is 11.8 Å². The van der Waals surface area contributed by atoms with Crippen LogP contribution in [0.5, 0.6) is 0 Å². The maximum atomic E-state index is 12.2. The van der Waals surface area contributed by atoms with Gasteiger partial charge in [-0.1, -0.05) is 25.6 Å². The van der Waals surface area contributed by atoms with E-state index in [4.69, 9.17) is 9.47 Å². The Kier molecular flexibility index (Phi) is 8.33. The molecule has 0 aromatic rings. The number of thioether (sulfide) groups is 1. The quantitative estimate of drug-likeness (QED) is 0.388. The van der Waals surface area contributed by atoms with E-state index in [1.54, 1.807) is 13.8 Å². The molecular formula is C15H24N2O7S. The van der Waals surface area contributed by atoms with Crippen LogP contribution in [0.15, 0.2) is 0 Å². The van der Waals surface area contributed by atoms with E-state index >= 15 is 0 Å². The van der Waals surface area contributed by atoms with Crippen molar-refractivity contribution < 1.29 is 33.8 Å². The van der Waals surface area contributed by atoms with Crippen LogP contribution >= 0.6 is 11.8 Å². The second-order valence-electron chi connectivity index (χ2n) is 6.20. The number of aliphatic hydroxyl groups is 1. The van der Waals surface area contributed by atoms with Gasteiger partial charge in [-0.2, -0.15) is 0 Å². The minimum Gasteiger partial charge on any atom is -0.461 e. The Hall–Kier alpha value is -1.65. The molecule has 1 heterocycles. The zero-order chi connectivity index (χ0) is 19.0. The molecule has 1 saturated heterocycles. The first-order valence-corrected chi connectivity index (χ1v) is 8.80. The van der Waals surface area contributed by atoms with Gasteiger partial charge in [0.05, 0.1) is 6.61 Å². The summed E-state index contributed by atoms with van der Waals surface area (Å²) in [6, 6.07) is 0. The van der Waals surface area contributed by atoms with E-state index in [1.807, 2.05) is 0 Å². The van der Waals surface area contributed by atoms with Crippen LogP contribution in [0.25, 0.3) is 0 Å². The lowest BCUT2D eigenvalue weighted by molar-refractivity contribution is -0.186. The van der Waals surface area contributed by atoms with E-state index in [9.17, 15) is 24.3 Å². The van der Waals surface area contributed by atoms with Crippen LogP contribution in [0.4, 0.5) is 0 Å². The molecule has 1 fully saturated rings. The predicted octanol–water partition coefficient (Wildman–Crippen LogP) is -0.825. The topological polar surface area (TPSA) is 131 Å². The van der Waals surface area contributed by atoms with Crippen LogP contribution in [0, 0.1) is 5.41 Å². The summed E-state index contributed by atoms with van der Waals surface area (Å²) in [6.45, 7) is 5.15. The van der Waals surface area contributed by atoms with Crippen LogP contribution in [0.3, 0.4) is 0 Å². The third-order valence-electron chi connectivity index (χ3n) is 3.38. The minimum absolute atomic E-state index is 0.0165. The zero-order valence-corrected chi connectivity index (χ0v) is 15.3. The minimum atomic E-state index is -1.82. The van der Waals surface area contributed by atoms with E-state index < -0.39 is 29.7 Å². The van der Waals surface area contributed by atoms with Crippen molar-refractivity contribution in [1.82, 2.24) is 10.6 Å². The molecule has 3 N–H and O–H groups in total. The molecule has 1 unspecified atom stereocenters. The molecule has 25 heavy (non-hydrogen) atoms. The average molecular weight is 376 g/mol. The van der Waals surface area contributed by atoms with Gasteiger partial charge in [0.1, 0.15) is 6.10 Å². The maximum absolute atomic E-state index is 12.2. The molecule has 0 saturated carbocycles. The van der Waals surface area contributed by atoms with Crippen LogP contribution < -0.4 is 10.6 Å². The highest BCUT2D eigenvalue weighted by Crippen LogP contribution is 2.28. The normalized spacial score (nSPS) is 22.5. The summed E-state index contributed by atoms with van der Waals surface area (Å²) >= 11 is 1.12. The Labute approximate surface area is 150 Å². The zero-order valence-electron chi connectivity index (χ0n) is 14.5. The van der Waals surface area contributed by atoms with Crippen LogP contribution in [-0.2, 0) is 28.7 Å². The second kappa shape index (κ2) is 9.73. The number of ether oxygens (including phenoxy) is 2. The summed E-state index contributed by atoms with van der Waals surface area (Å²) in [5.74, 6) is -1.25. The van der Waals surface area contributed by atoms with Gasteiger partial charge in [-0.15, -0.1) is 0 Å². The van der Waals surface area contributed by atoms with Crippen LogP contribution in [-0.4, -0.2) is 65.8 Å². The number of nitrogens with one attached hydrogen (secondary N) is 2. The fourth-order valence-electron chi connectivity index (χ4n) is 2.05. The van der Waals surface area contributed by atoms with E-state index in [-0.39, 0.29) is 30.6 Å². The van der Waals surface area contributed by atoms with Gasteiger partial charge in [-0.3, -0.25) is 14.4 Å². The van der Waals surface area contributed by atoms with Gasteiger partial charge < -0.3 is 25.2 Å². The fraction of sp³-hybridized carbons (Fsp3) is 0.733. The molecule has 0 bridgehead atoms. The fourth-order valence-corrected chi connectivity index (χ4v) is 2.55. The van der Waals surface area contributed by atoms with Gasteiger partial charge in [0, 0.05) is 37.6 Å². The van der Waals surface area contributed by atoms with E-state index in [0.717, 1.165) is 11.8 Å². The summed E-state index contributed by atoms with van der Waals surface area (Å²) in [4.78, 5) is 46.0. The first-order chi connectivity index (χ1) is 11.6. The molecular weight excluding hydrogens is 352 g/mol. The molecule has 2 amide bonds. The van der Waals surface area contributed by atoms with Gasteiger partial charge in [0.25, 0.3) is 6.29 Å². The lowest BCUT2D eigenvalue weighted by Crippen LogP contribution is -2.48. The number of carbonyl (C=O) groups excluding carboxylic acids is 4. The molecule has 1 aliphatic rings. The molecule has 0 aliphatic carbocycles. The summed E-state index contributed by atoms with van der Waals surface area (Å²) in [5, 5.41) is 14.7. The van der Waals surface area contributed by atoms with Crippen molar-refractivity contribution >= 4 is 34.7 Å². The Morgan fingerprint density at radius 3 is 2.60 bits per heavy atom. The molecule has 0 aromatic heterocycles. The first-order valence-electron chi connectivity index (χ1n) is 7.81. The van der Waals surface area contributed by atoms with Crippen LogP contribution in [0.1, 0.15) is 27.2 Å². The van der Waals surface area contributed by atoms with Crippen molar-refractivity contribution in [3.8, 4) is 0 Å². The highest BCUT2D eigenvalue weighted by molar-refractivity contribution is 8.13. The third-order valence-corrected chi connectivity index (χ3v) is 4.20. The number of cyclic esters (lactones) is 1. The molecule has 0 aromatic carbocycles. The van der Waals surface area contributed by atoms with Crippen molar-refractivity contribution in [2.24, 2.45) is 5.41 Å². The lowest BCUT2D eigenvalue weighted by atomic mass is 9.87. The van der Waals surface area contributed by atoms with E-state index in [1.165, 1.54) is 6.92 Å². The van der Waals surface area contributed by atoms with Crippen LogP contribution in [0.2, 0.25) is 0 Å². The summed E-state index contributed by atoms with van der Waals surface area (Å²) < 4.78 is 9.93. The molecule has 1 aliphatic heterocycles. The molecule has 10 heteroatoms. The smallest absolute Gasteiger partial charge is 0.363 e. The lowest BCUT2D eigenvalue weighted by Gasteiger charge is -2.29. The Morgan fingerprint density at radius 2 is 1.96 bits per heavy atom. The standard InChI is InChI=1S/C15H24N2O7S/c1-9(18)25-7-6-16-10(19)4-5-17-12(20)11-15(2,3)8-23-13(21)14(22)24-11/h11,14,22H,4-8H2,1-3H3,(H,16,19)(H,17,20)/t11-,14?/m0/s1. The molecule has 9 nitrogen and oxygen atoms in total. The average Bonchev–Trinajstić information content (AvgIpc) is 2.62. The highest BCUT2D eigenvalue weighted by Gasteiger charge is 2.43. The van der Waals surface area contributed by atoms with Gasteiger partial charge in [-0.05, 0) is 0 Å². The molecule has 142 valence electrons. The third kappa shape index (κ3) is 7.41. The Morgan fingerprint density at radius 1 is 1.28 bits per heavy atom. The molecule has 0 radical (unpaired) electrons. The number of amides is 2. The van der Waals surface area contributed by atoms with Crippen molar-refractivity contribution in [3.63, 3.8) is 0 Å². The number of hydrogen-bond donors (Lipinski definition) is 3. The van der Waals surface area contributed by atoms with Gasteiger partial charge in [0.15, 0.2) is 5.12 Å². The SMILES string of the molecule is CC(=O)SCCNC(=O)CCNC(=O)[C@@H]1OC(O)C(=O)OCC1(C)C. The number of hydrogen-bond acceptors (Lipinski definition) is 8. The van der Waals surface area contributed by atoms with Crippen molar-refractivity contribution in [2.75, 3.05) is 25.4 Å². The monoisotopic (exact) mass is 376 g/mol. The van der Waals surface area contributed by atoms with Gasteiger partial charge >= 0.3 is 5.97 Å². The number of esters is 1. The Bertz CT molecular complexity index is 524. The second-order valence-corrected chi connectivity index (χ2v) is 7.47. The van der Waals surface area contributed by atoms with E-state index in [0.29, 0.717) is 12.3 Å². The summed E-state index contributed by atoms with van der Waals surface area (Å²) in [6.07, 6.45) is -2.86. The summed E-state index contributed by atoms with van der Waals surface area (Å²) in [5.41, 5.74) is -0.830. The largest absolute Gasteiger partial charge is 0.461 e. The Balaban J connectivity index is 2.38. The maximum Gasteiger partial charge on any atom is 0.363 e. The van der Waals surface area contributed by atoms with Gasteiger partial charge in [-0.25, -0.2) is 4.79 Å². The molecule has 0 spiro atoms.